The molecular weight excluding hydrogens is 320 g/mol. The second kappa shape index (κ2) is 5.85. The van der Waals surface area contributed by atoms with E-state index < -0.39 is 0 Å². The summed E-state index contributed by atoms with van der Waals surface area (Å²) in [5.74, 6) is 1.22. The lowest BCUT2D eigenvalue weighted by Crippen LogP contribution is -2.36. The fourth-order valence-corrected chi connectivity index (χ4v) is 3.08. The van der Waals surface area contributed by atoms with E-state index in [1.807, 2.05) is 0 Å². The molecule has 1 atom stereocenters. The maximum absolute atomic E-state index is 12.5. The summed E-state index contributed by atoms with van der Waals surface area (Å²) >= 11 is 3.43. The number of nitrogens with two attached hydrogens (primary N) is 1. The molecule has 2 aliphatic rings. The molecule has 20 heavy (non-hydrogen) atoms. The standard InChI is InChI=1S/C14H21BrN4O/c15-11-7-17-19(8-9-2-1-3-9)14(20)13(11)18-12(6-16)10-4-5-10/h7,9-10,12,18H,1-6,8,16H2. The molecule has 2 saturated carbocycles. The summed E-state index contributed by atoms with van der Waals surface area (Å²) in [7, 11) is 0. The monoisotopic (exact) mass is 340 g/mol. The normalized spacial score (nSPS) is 20.5. The number of anilines is 1. The van der Waals surface area contributed by atoms with E-state index in [0.717, 1.165) is 11.0 Å². The van der Waals surface area contributed by atoms with Gasteiger partial charge in [-0.3, -0.25) is 4.79 Å². The van der Waals surface area contributed by atoms with E-state index >= 15 is 0 Å². The molecule has 1 aromatic heterocycles. The molecule has 110 valence electrons. The third-order valence-corrected chi connectivity index (χ3v) is 5.03. The van der Waals surface area contributed by atoms with Gasteiger partial charge in [-0.2, -0.15) is 5.10 Å². The molecule has 2 fully saturated rings. The maximum Gasteiger partial charge on any atom is 0.291 e. The van der Waals surface area contributed by atoms with Crippen molar-refractivity contribution in [3.63, 3.8) is 0 Å². The lowest BCUT2D eigenvalue weighted by molar-refractivity contribution is 0.262. The van der Waals surface area contributed by atoms with Gasteiger partial charge in [0.2, 0.25) is 0 Å². The minimum absolute atomic E-state index is 0.0367. The average Bonchev–Trinajstić information content (AvgIpc) is 3.20. The molecule has 0 aromatic carbocycles. The SMILES string of the molecule is NCC(Nc1c(Br)cnn(CC2CCC2)c1=O)C1CC1. The van der Waals surface area contributed by atoms with E-state index in [0.29, 0.717) is 24.1 Å². The minimum atomic E-state index is -0.0367. The Balaban J connectivity index is 1.80. The second-order valence-electron chi connectivity index (χ2n) is 5.98. The van der Waals surface area contributed by atoms with Crippen LogP contribution in [0.3, 0.4) is 0 Å². The molecule has 0 saturated heterocycles. The van der Waals surface area contributed by atoms with Crippen LogP contribution < -0.4 is 16.6 Å². The highest BCUT2D eigenvalue weighted by atomic mass is 79.9. The van der Waals surface area contributed by atoms with Crippen LogP contribution in [0.5, 0.6) is 0 Å². The number of hydrogen-bond donors (Lipinski definition) is 2. The highest BCUT2D eigenvalue weighted by Crippen LogP contribution is 2.34. The molecule has 0 amide bonds. The summed E-state index contributed by atoms with van der Waals surface area (Å²) < 4.78 is 2.32. The molecule has 2 aliphatic carbocycles. The zero-order valence-electron chi connectivity index (χ0n) is 11.5. The summed E-state index contributed by atoms with van der Waals surface area (Å²) in [4.78, 5) is 12.5. The summed E-state index contributed by atoms with van der Waals surface area (Å²) in [5.41, 5.74) is 6.38. The molecule has 0 aliphatic heterocycles. The first-order valence-corrected chi connectivity index (χ1v) is 8.20. The number of nitrogens with zero attached hydrogens (tertiary/aromatic N) is 2. The van der Waals surface area contributed by atoms with Crippen molar-refractivity contribution in [2.75, 3.05) is 11.9 Å². The number of nitrogens with one attached hydrogen (secondary N) is 1. The predicted molar refractivity (Wildman–Crippen MR) is 82.7 cm³/mol. The third kappa shape index (κ3) is 2.91. The van der Waals surface area contributed by atoms with Crippen molar-refractivity contribution < 1.29 is 0 Å². The molecule has 0 bridgehead atoms. The van der Waals surface area contributed by atoms with Crippen molar-refractivity contribution in [2.24, 2.45) is 17.6 Å². The van der Waals surface area contributed by atoms with E-state index in [1.54, 1.807) is 10.9 Å². The molecule has 3 rings (SSSR count). The minimum Gasteiger partial charge on any atom is -0.375 e. The van der Waals surface area contributed by atoms with Gasteiger partial charge in [0, 0.05) is 19.1 Å². The van der Waals surface area contributed by atoms with E-state index in [-0.39, 0.29) is 11.6 Å². The lowest BCUT2D eigenvalue weighted by atomic mass is 9.85. The molecule has 0 radical (unpaired) electrons. The molecule has 0 spiro atoms. The first-order valence-electron chi connectivity index (χ1n) is 7.41. The van der Waals surface area contributed by atoms with Crippen LogP contribution in [0.25, 0.3) is 0 Å². The van der Waals surface area contributed by atoms with Crippen LogP contribution in [0.2, 0.25) is 0 Å². The summed E-state index contributed by atoms with van der Waals surface area (Å²) in [6.07, 6.45) is 7.81. The fraction of sp³-hybridized carbons (Fsp3) is 0.714. The summed E-state index contributed by atoms with van der Waals surface area (Å²) in [6, 6.07) is 0.193. The number of rotatable bonds is 6. The van der Waals surface area contributed by atoms with Crippen LogP contribution in [0.15, 0.2) is 15.5 Å². The van der Waals surface area contributed by atoms with Crippen molar-refractivity contribution in [1.29, 1.82) is 0 Å². The maximum atomic E-state index is 12.5. The topological polar surface area (TPSA) is 72.9 Å². The molecular formula is C14H21BrN4O. The van der Waals surface area contributed by atoms with Crippen LogP contribution in [-0.4, -0.2) is 22.4 Å². The van der Waals surface area contributed by atoms with E-state index in [9.17, 15) is 4.79 Å². The summed E-state index contributed by atoms with van der Waals surface area (Å²) in [5, 5.41) is 7.57. The van der Waals surface area contributed by atoms with Gasteiger partial charge in [0.25, 0.3) is 5.56 Å². The zero-order valence-corrected chi connectivity index (χ0v) is 13.1. The van der Waals surface area contributed by atoms with E-state index in [1.165, 1.54) is 32.1 Å². The highest BCUT2D eigenvalue weighted by Gasteiger charge is 2.31. The van der Waals surface area contributed by atoms with Gasteiger partial charge in [0.15, 0.2) is 0 Å². The Hall–Kier alpha value is -0.880. The Labute approximate surface area is 127 Å². The molecule has 1 aromatic rings. The van der Waals surface area contributed by atoms with Crippen molar-refractivity contribution >= 4 is 21.6 Å². The average molecular weight is 341 g/mol. The van der Waals surface area contributed by atoms with Crippen molar-refractivity contribution in [3.05, 3.63) is 21.0 Å². The van der Waals surface area contributed by atoms with Gasteiger partial charge >= 0.3 is 0 Å². The van der Waals surface area contributed by atoms with Crippen molar-refractivity contribution in [2.45, 2.75) is 44.7 Å². The number of aromatic nitrogens is 2. The van der Waals surface area contributed by atoms with Gasteiger partial charge in [-0.1, -0.05) is 6.42 Å². The largest absolute Gasteiger partial charge is 0.375 e. The van der Waals surface area contributed by atoms with Crippen LogP contribution in [0.1, 0.15) is 32.1 Å². The zero-order chi connectivity index (χ0) is 14.1. The molecule has 3 N–H and O–H groups in total. The fourth-order valence-electron chi connectivity index (χ4n) is 2.70. The van der Waals surface area contributed by atoms with Gasteiger partial charge in [-0.15, -0.1) is 0 Å². The van der Waals surface area contributed by atoms with Gasteiger partial charge in [0.05, 0.1) is 10.7 Å². The Morgan fingerprint density at radius 2 is 2.20 bits per heavy atom. The van der Waals surface area contributed by atoms with Crippen LogP contribution >= 0.6 is 15.9 Å². The first kappa shape index (κ1) is 14.1. The van der Waals surface area contributed by atoms with Crippen LogP contribution in [0.4, 0.5) is 5.69 Å². The highest BCUT2D eigenvalue weighted by molar-refractivity contribution is 9.10. The third-order valence-electron chi connectivity index (χ3n) is 4.43. The number of halogens is 1. The second-order valence-corrected chi connectivity index (χ2v) is 6.83. The Bertz CT molecular complexity index is 536. The lowest BCUT2D eigenvalue weighted by Gasteiger charge is -2.26. The molecule has 1 unspecified atom stereocenters. The Morgan fingerprint density at radius 3 is 2.75 bits per heavy atom. The van der Waals surface area contributed by atoms with Gasteiger partial charge in [-0.05, 0) is 53.4 Å². The van der Waals surface area contributed by atoms with Gasteiger partial charge in [-0.25, -0.2) is 4.68 Å². The predicted octanol–water partition coefficient (Wildman–Crippen LogP) is 1.96. The molecule has 1 heterocycles. The Morgan fingerprint density at radius 1 is 1.45 bits per heavy atom. The van der Waals surface area contributed by atoms with Crippen LogP contribution in [-0.2, 0) is 6.54 Å². The molecule has 5 nitrogen and oxygen atoms in total. The van der Waals surface area contributed by atoms with Crippen molar-refractivity contribution in [1.82, 2.24) is 9.78 Å². The van der Waals surface area contributed by atoms with Crippen LogP contribution in [0, 0.1) is 11.8 Å². The van der Waals surface area contributed by atoms with E-state index in [4.69, 9.17) is 5.73 Å². The smallest absolute Gasteiger partial charge is 0.291 e. The van der Waals surface area contributed by atoms with Gasteiger partial charge < -0.3 is 11.1 Å². The van der Waals surface area contributed by atoms with E-state index in [2.05, 4.69) is 26.3 Å². The Kier molecular flexibility index (Phi) is 4.12. The molecule has 6 heteroatoms. The summed E-state index contributed by atoms with van der Waals surface area (Å²) in [6.45, 7) is 1.29. The number of hydrogen-bond acceptors (Lipinski definition) is 4. The van der Waals surface area contributed by atoms with Gasteiger partial charge in [0.1, 0.15) is 5.69 Å². The quantitative estimate of drug-likeness (QED) is 0.830. The van der Waals surface area contributed by atoms with Crippen molar-refractivity contribution in [3.8, 4) is 0 Å². The first-order chi connectivity index (χ1) is 9.69.